The molecule has 0 spiro atoms. The van der Waals surface area contributed by atoms with Gasteiger partial charge in [0, 0.05) is 25.2 Å². The Labute approximate surface area is 141 Å². The summed E-state index contributed by atoms with van der Waals surface area (Å²) >= 11 is 0. The molecule has 0 aromatic heterocycles. The maximum Gasteiger partial charge on any atom is 0.191 e. The molecule has 2 heterocycles. The Morgan fingerprint density at radius 2 is 1.80 bits per heavy atom. The lowest BCUT2D eigenvalue weighted by atomic mass is 10.0. The number of guanidine groups is 1. The van der Waals surface area contributed by atoms with Gasteiger partial charge in [0.05, 0.1) is 6.54 Å². The maximum atomic E-state index is 6.12. The zero-order valence-electron chi connectivity index (χ0n) is 13.1. The number of nitrogens with zero attached hydrogens (tertiary/aromatic N) is 3. The number of hydrogen-bond acceptors (Lipinski definition) is 2. The first kappa shape index (κ1) is 18.0. The van der Waals surface area contributed by atoms with Gasteiger partial charge < -0.3 is 10.6 Å². The first-order chi connectivity index (χ1) is 9.18. The molecule has 2 saturated heterocycles. The second-order valence-electron chi connectivity index (χ2n) is 6.18. The molecule has 2 aliphatic heterocycles. The van der Waals surface area contributed by atoms with Crippen LogP contribution in [-0.4, -0.2) is 54.0 Å². The zero-order valence-corrected chi connectivity index (χ0v) is 15.4. The van der Waals surface area contributed by atoms with Crippen molar-refractivity contribution >= 4 is 29.9 Å². The summed E-state index contributed by atoms with van der Waals surface area (Å²) < 4.78 is 0. The Balaban J connectivity index is 0.00000200. The summed E-state index contributed by atoms with van der Waals surface area (Å²) in [5, 5.41) is 0. The van der Waals surface area contributed by atoms with E-state index < -0.39 is 0 Å². The van der Waals surface area contributed by atoms with Gasteiger partial charge in [-0.2, -0.15) is 0 Å². The zero-order chi connectivity index (χ0) is 13.7. The topological polar surface area (TPSA) is 44.9 Å². The van der Waals surface area contributed by atoms with Gasteiger partial charge in [0.1, 0.15) is 0 Å². The van der Waals surface area contributed by atoms with Gasteiger partial charge in [0.2, 0.25) is 0 Å². The average Bonchev–Trinajstić information content (AvgIpc) is 2.46. The van der Waals surface area contributed by atoms with Gasteiger partial charge in [-0.1, -0.05) is 6.42 Å². The number of nitrogens with two attached hydrogens (primary N) is 1. The van der Waals surface area contributed by atoms with Gasteiger partial charge in [0.15, 0.2) is 5.96 Å². The van der Waals surface area contributed by atoms with Crippen LogP contribution in [0.2, 0.25) is 0 Å². The van der Waals surface area contributed by atoms with Gasteiger partial charge in [-0.3, -0.25) is 9.89 Å². The van der Waals surface area contributed by atoms with Gasteiger partial charge in [-0.05, 0) is 52.5 Å². The highest BCUT2D eigenvalue weighted by atomic mass is 127. The Bertz CT molecular complexity index is 302. The first-order valence-corrected chi connectivity index (χ1v) is 7.99. The van der Waals surface area contributed by atoms with Crippen LogP contribution < -0.4 is 5.73 Å². The lowest BCUT2D eigenvalue weighted by Gasteiger charge is -2.37. The van der Waals surface area contributed by atoms with E-state index in [1.165, 1.54) is 45.1 Å². The van der Waals surface area contributed by atoms with E-state index >= 15 is 0 Å². The van der Waals surface area contributed by atoms with Crippen LogP contribution in [0.4, 0.5) is 0 Å². The number of aliphatic imine (C=N–C) groups is 1. The van der Waals surface area contributed by atoms with Crippen LogP contribution in [0.1, 0.15) is 52.4 Å². The number of likely N-dealkylation sites (tertiary alicyclic amines) is 2. The van der Waals surface area contributed by atoms with E-state index in [-0.39, 0.29) is 24.0 Å². The van der Waals surface area contributed by atoms with Crippen molar-refractivity contribution in [3.05, 3.63) is 0 Å². The quantitative estimate of drug-likeness (QED) is 0.455. The Kier molecular flexibility index (Phi) is 8.17. The molecule has 20 heavy (non-hydrogen) atoms. The molecule has 2 rings (SSSR count). The fourth-order valence-electron chi connectivity index (χ4n) is 3.33. The molecule has 2 fully saturated rings. The minimum atomic E-state index is 0. The van der Waals surface area contributed by atoms with Crippen LogP contribution in [0, 0.1) is 0 Å². The molecule has 4 nitrogen and oxygen atoms in total. The minimum absolute atomic E-state index is 0. The van der Waals surface area contributed by atoms with Crippen LogP contribution in [0.15, 0.2) is 4.99 Å². The fourth-order valence-corrected chi connectivity index (χ4v) is 3.33. The van der Waals surface area contributed by atoms with Gasteiger partial charge >= 0.3 is 0 Å². The van der Waals surface area contributed by atoms with Crippen LogP contribution in [0.5, 0.6) is 0 Å². The molecule has 0 aromatic rings. The molecule has 0 aromatic carbocycles. The molecule has 2 atom stereocenters. The monoisotopic (exact) mass is 394 g/mol. The number of halogens is 1. The first-order valence-electron chi connectivity index (χ1n) is 7.99. The summed E-state index contributed by atoms with van der Waals surface area (Å²) in [4.78, 5) is 9.48. The number of rotatable bonds is 3. The molecule has 2 aliphatic rings. The van der Waals surface area contributed by atoms with Crippen LogP contribution in [0.3, 0.4) is 0 Å². The van der Waals surface area contributed by atoms with Crippen LogP contribution in [0.25, 0.3) is 0 Å². The van der Waals surface area contributed by atoms with Crippen molar-refractivity contribution in [3.8, 4) is 0 Å². The van der Waals surface area contributed by atoms with Gasteiger partial charge in [-0.25, -0.2) is 0 Å². The van der Waals surface area contributed by atoms with Gasteiger partial charge in [0.25, 0.3) is 0 Å². The van der Waals surface area contributed by atoms with E-state index in [0.29, 0.717) is 12.1 Å². The molecule has 0 amide bonds. The Hall–Kier alpha value is -0.0400. The van der Waals surface area contributed by atoms with Crippen molar-refractivity contribution < 1.29 is 0 Å². The predicted molar refractivity (Wildman–Crippen MR) is 96.8 cm³/mol. The van der Waals surface area contributed by atoms with Crippen molar-refractivity contribution in [1.29, 1.82) is 0 Å². The molecule has 118 valence electrons. The van der Waals surface area contributed by atoms with E-state index in [1.807, 2.05) is 0 Å². The normalized spacial score (nSPS) is 27.0. The summed E-state index contributed by atoms with van der Waals surface area (Å²) in [5.74, 6) is 0.760. The molecule has 2 unspecified atom stereocenters. The van der Waals surface area contributed by atoms with Crippen molar-refractivity contribution in [2.75, 3.05) is 26.2 Å². The maximum absolute atomic E-state index is 6.12. The highest BCUT2D eigenvalue weighted by molar-refractivity contribution is 14.0. The summed E-state index contributed by atoms with van der Waals surface area (Å²) in [7, 11) is 0. The summed E-state index contributed by atoms with van der Waals surface area (Å²) in [5.41, 5.74) is 6.12. The molecule has 0 aliphatic carbocycles. The summed E-state index contributed by atoms with van der Waals surface area (Å²) in [6, 6.07) is 1.22. The van der Waals surface area contributed by atoms with Crippen molar-refractivity contribution in [2.45, 2.75) is 64.5 Å². The lowest BCUT2D eigenvalue weighted by molar-refractivity contribution is 0.118. The average molecular weight is 394 g/mol. The Morgan fingerprint density at radius 3 is 2.45 bits per heavy atom. The molecule has 0 saturated carbocycles. The third-order valence-electron chi connectivity index (χ3n) is 4.62. The molecule has 0 bridgehead atoms. The van der Waals surface area contributed by atoms with E-state index in [4.69, 9.17) is 5.73 Å². The predicted octanol–water partition coefficient (Wildman–Crippen LogP) is 2.67. The van der Waals surface area contributed by atoms with Crippen LogP contribution >= 0.6 is 24.0 Å². The standard InChI is InChI=1S/C15H30N4.HI/c1-13-8-4-7-11-19(13)14(2)12-17-15(16)18-9-5-3-6-10-18;/h13-14H,3-12H2,1-2H3,(H2,16,17);1H. The molecular weight excluding hydrogens is 363 g/mol. The summed E-state index contributed by atoms with van der Waals surface area (Å²) in [6.45, 7) is 8.87. The number of hydrogen-bond donors (Lipinski definition) is 1. The largest absolute Gasteiger partial charge is 0.370 e. The second kappa shape index (κ2) is 9.07. The third-order valence-corrected chi connectivity index (χ3v) is 4.62. The smallest absolute Gasteiger partial charge is 0.191 e. The SMILES string of the molecule is CC1CCCCN1C(C)CN=C(N)N1CCCCC1.I. The molecule has 0 radical (unpaired) electrons. The molecule has 5 heteroatoms. The van der Waals surface area contributed by atoms with Crippen molar-refractivity contribution in [1.82, 2.24) is 9.80 Å². The summed E-state index contributed by atoms with van der Waals surface area (Å²) in [6.07, 6.45) is 7.90. The van der Waals surface area contributed by atoms with Crippen molar-refractivity contribution in [2.24, 2.45) is 10.7 Å². The highest BCUT2D eigenvalue weighted by Gasteiger charge is 2.23. The van der Waals surface area contributed by atoms with Crippen molar-refractivity contribution in [3.63, 3.8) is 0 Å². The minimum Gasteiger partial charge on any atom is -0.370 e. The van der Waals surface area contributed by atoms with E-state index in [0.717, 1.165) is 25.6 Å². The fraction of sp³-hybridized carbons (Fsp3) is 0.933. The van der Waals surface area contributed by atoms with E-state index in [2.05, 4.69) is 28.6 Å². The lowest BCUT2D eigenvalue weighted by Crippen LogP contribution is -2.46. The third kappa shape index (κ3) is 5.06. The molecule has 2 N–H and O–H groups in total. The van der Waals surface area contributed by atoms with E-state index in [9.17, 15) is 0 Å². The highest BCUT2D eigenvalue weighted by Crippen LogP contribution is 2.19. The molecular formula is C15H31IN4. The van der Waals surface area contributed by atoms with Crippen LogP contribution in [-0.2, 0) is 0 Å². The second-order valence-corrected chi connectivity index (χ2v) is 6.18. The number of piperidine rings is 2. The van der Waals surface area contributed by atoms with Gasteiger partial charge in [-0.15, -0.1) is 24.0 Å². The Morgan fingerprint density at radius 1 is 1.15 bits per heavy atom. The van der Waals surface area contributed by atoms with E-state index in [1.54, 1.807) is 0 Å².